The number of rotatable bonds is 6. The average molecular weight is 328 g/mol. The van der Waals surface area contributed by atoms with Crippen LogP contribution in [0.4, 0.5) is 0 Å². The van der Waals surface area contributed by atoms with E-state index in [0.717, 1.165) is 56.1 Å². The van der Waals surface area contributed by atoms with Crippen LogP contribution in [0.3, 0.4) is 0 Å². The van der Waals surface area contributed by atoms with E-state index in [2.05, 4.69) is 39.9 Å². The molecule has 1 aliphatic heterocycles. The lowest BCUT2D eigenvalue weighted by molar-refractivity contribution is 0.0368. The highest BCUT2D eigenvalue weighted by atomic mass is 79.9. The van der Waals surface area contributed by atoms with E-state index in [-0.39, 0.29) is 0 Å². The number of ether oxygens (including phenoxy) is 2. The van der Waals surface area contributed by atoms with Crippen molar-refractivity contribution in [2.45, 2.75) is 19.8 Å². The molecule has 0 unspecified atom stereocenters. The lowest BCUT2D eigenvalue weighted by Crippen LogP contribution is -2.36. The van der Waals surface area contributed by atoms with Gasteiger partial charge in [0.15, 0.2) is 0 Å². The molecule has 3 nitrogen and oxygen atoms in total. The summed E-state index contributed by atoms with van der Waals surface area (Å²) in [5.74, 6) is 0.942. The third-order valence-electron chi connectivity index (χ3n) is 3.32. The lowest BCUT2D eigenvalue weighted by atomic mass is 10.2. The molecule has 1 aromatic carbocycles. The molecule has 0 spiro atoms. The van der Waals surface area contributed by atoms with Gasteiger partial charge in [-0.3, -0.25) is 4.90 Å². The minimum atomic E-state index is 0.784. The van der Waals surface area contributed by atoms with Crippen LogP contribution < -0.4 is 4.74 Å². The van der Waals surface area contributed by atoms with Gasteiger partial charge in [0.1, 0.15) is 5.75 Å². The van der Waals surface area contributed by atoms with Gasteiger partial charge in [-0.25, -0.2) is 0 Å². The fraction of sp³-hybridized carbons (Fsp3) is 0.600. The Balaban J connectivity index is 1.61. The number of hydrogen-bond acceptors (Lipinski definition) is 3. The van der Waals surface area contributed by atoms with Crippen molar-refractivity contribution in [1.82, 2.24) is 4.90 Å². The van der Waals surface area contributed by atoms with E-state index in [4.69, 9.17) is 9.47 Å². The quantitative estimate of drug-likeness (QED) is 0.748. The van der Waals surface area contributed by atoms with Crippen molar-refractivity contribution in [3.05, 3.63) is 28.2 Å². The molecule has 1 saturated heterocycles. The summed E-state index contributed by atoms with van der Waals surface area (Å²) in [5, 5.41) is 0. The Morgan fingerprint density at radius 2 is 2.05 bits per heavy atom. The fourth-order valence-corrected chi connectivity index (χ4v) is 2.78. The zero-order valence-electron chi connectivity index (χ0n) is 11.5. The van der Waals surface area contributed by atoms with Gasteiger partial charge in [-0.1, -0.05) is 6.07 Å². The monoisotopic (exact) mass is 327 g/mol. The van der Waals surface area contributed by atoms with E-state index in [9.17, 15) is 0 Å². The molecule has 1 aromatic rings. The molecular weight excluding hydrogens is 306 g/mol. The number of unbranched alkanes of at least 4 members (excludes halogenated alkanes) is 1. The standard InChI is InChI=1S/C15H22BrNO2/c1-13-4-5-15(14(16)12-13)19-9-3-2-6-17-7-10-18-11-8-17/h4-5,12H,2-3,6-11H2,1H3. The number of aryl methyl sites for hydroxylation is 1. The van der Waals surface area contributed by atoms with Gasteiger partial charge in [0, 0.05) is 13.1 Å². The minimum Gasteiger partial charge on any atom is -0.492 e. The third-order valence-corrected chi connectivity index (χ3v) is 3.94. The number of halogens is 1. The molecule has 0 bridgehead atoms. The minimum absolute atomic E-state index is 0.784. The Morgan fingerprint density at radius 3 is 2.79 bits per heavy atom. The first kappa shape index (κ1) is 14.8. The zero-order valence-corrected chi connectivity index (χ0v) is 13.1. The second-order valence-electron chi connectivity index (χ2n) is 4.94. The molecule has 0 aromatic heterocycles. The summed E-state index contributed by atoms with van der Waals surface area (Å²) < 4.78 is 12.2. The molecule has 4 heteroatoms. The fourth-order valence-electron chi connectivity index (χ4n) is 2.17. The van der Waals surface area contributed by atoms with E-state index < -0.39 is 0 Å². The van der Waals surface area contributed by atoms with Crippen molar-refractivity contribution in [2.75, 3.05) is 39.5 Å². The van der Waals surface area contributed by atoms with Gasteiger partial charge in [-0.05, 0) is 59.9 Å². The van der Waals surface area contributed by atoms with Crippen molar-refractivity contribution in [1.29, 1.82) is 0 Å². The first-order valence-electron chi connectivity index (χ1n) is 6.95. The van der Waals surface area contributed by atoms with Crippen LogP contribution >= 0.6 is 15.9 Å². The van der Waals surface area contributed by atoms with Crippen molar-refractivity contribution >= 4 is 15.9 Å². The maximum absolute atomic E-state index is 5.79. The molecule has 1 heterocycles. The van der Waals surface area contributed by atoms with E-state index in [1.54, 1.807) is 0 Å². The predicted molar refractivity (Wildman–Crippen MR) is 80.9 cm³/mol. The number of morpholine rings is 1. The predicted octanol–water partition coefficient (Wildman–Crippen LogP) is 3.25. The first-order chi connectivity index (χ1) is 9.25. The molecule has 0 amide bonds. The molecule has 0 N–H and O–H groups in total. The molecule has 0 radical (unpaired) electrons. The van der Waals surface area contributed by atoms with Gasteiger partial charge in [0.25, 0.3) is 0 Å². The molecule has 0 atom stereocenters. The van der Waals surface area contributed by atoms with Gasteiger partial charge in [0.05, 0.1) is 24.3 Å². The Morgan fingerprint density at radius 1 is 1.26 bits per heavy atom. The maximum Gasteiger partial charge on any atom is 0.133 e. The average Bonchev–Trinajstić information content (AvgIpc) is 2.42. The van der Waals surface area contributed by atoms with Gasteiger partial charge in [-0.15, -0.1) is 0 Å². The third kappa shape index (κ3) is 5.13. The van der Waals surface area contributed by atoms with Crippen LogP contribution in [0.5, 0.6) is 5.75 Å². The lowest BCUT2D eigenvalue weighted by Gasteiger charge is -2.26. The van der Waals surface area contributed by atoms with Gasteiger partial charge < -0.3 is 9.47 Å². The Bertz CT molecular complexity index is 392. The second-order valence-corrected chi connectivity index (χ2v) is 5.80. The number of hydrogen-bond donors (Lipinski definition) is 0. The Labute approximate surface area is 124 Å². The summed E-state index contributed by atoms with van der Waals surface area (Å²) in [4.78, 5) is 2.46. The van der Waals surface area contributed by atoms with Gasteiger partial charge in [-0.2, -0.15) is 0 Å². The molecule has 1 aliphatic rings. The van der Waals surface area contributed by atoms with Crippen molar-refractivity contribution in [2.24, 2.45) is 0 Å². The maximum atomic E-state index is 5.79. The van der Waals surface area contributed by atoms with E-state index in [0.29, 0.717) is 0 Å². The van der Waals surface area contributed by atoms with Crippen molar-refractivity contribution in [3.63, 3.8) is 0 Å². The Hall–Kier alpha value is -0.580. The van der Waals surface area contributed by atoms with Crippen LogP contribution in [0.1, 0.15) is 18.4 Å². The van der Waals surface area contributed by atoms with Crippen LogP contribution in [-0.2, 0) is 4.74 Å². The molecular formula is C15H22BrNO2. The van der Waals surface area contributed by atoms with E-state index in [1.165, 1.54) is 12.0 Å². The van der Waals surface area contributed by atoms with Crippen LogP contribution in [0, 0.1) is 6.92 Å². The molecule has 106 valence electrons. The highest BCUT2D eigenvalue weighted by molar-refractivity contribution is 9.10. The van der Waals surface area contributed by atoms with Crippen LogP contribution in [0.2, 0.25) is 0 Å². The topological polar surface area (TPSA) is 21.7 Å². The molecule has 2 rings (SSSR count). The first-order valence-corrected chi connectivity index (χ1v) is 7.74. The van der Waals surface area contributed by atoms with Gasteiger partial charge in [0.2, 0.25) is 0 Å². The van der Waals surface area contributed by atoms with Crippen molar-refractivity contribution < 1.29 is 9.47 Å². The number of benzene rings is 1. The zero-order chi connectivity index (χ0) is 13.5. The van der Waals surface area contributed by atoms with E-state index >= 15 is 0 Å². The molecule has 0 aliphatic carbocycles. The highest BCUT2D eigenvalue weighted by Crippen LogP contribution is 2.25. The summed E-state index contributed by atoms with van der Waals surface area (Å²) in [6.45, 7) is 7.93. The Kier molecular flexibility index (Phi) is 6.14. The van der Waals surface area contributed by atoms with Crippen LogP contribution in [0.25, 0.3) is 0 Å². The summed E-state index contributed by atoms with van der Waals surface area (Å²) >= 11 is 3.53. The number of nitrogens with zero attached hydrogens (tertiary/aromatic N) is 1. The molecule has 19 heavy (non-hydrogen) atoms. The smallest absolute Gasteiger partial charge is 0.133 e. The second kappa shape index (κ2) is 7.88. The highest BCUT2D eigenvalue weighted by Gasteiger charge is 2.09. The van der Waals surface area contributed by atoms with Crippen LogP contribution in [-0.4, -0.2) is 44.4 Å². The molecule has 0 saturated carbocycles. The summed E-state index contributed by atoms with van der Waals surface area (Å²) in [6, 6.07) is 6.19. The molecule has 1 fully saturated rings. The van der Waals surface area contributed by atoms with E-state index in [1.807, 2.05) is 6.07 Å². The largest absolute Gasteiger partial charge is 0.492 e. The van der Waals surface area contributed by atoms with Gasteiger partial charge >= 0.3 is 0 Å². The summed E-state index contributed by atoms with van der Waals surface area (Å²) in [5.41, 5.74) is 1.24. The van der Waals surface area contributed by atoms with Crippen molar-refractivity contribution in [3.8, 4) is 5.75 Å². The SMILES string of the molecule is Cc1ccc(OCCCCN2CCOCC2)c(Br)c1. The normalized spacial score (nSPS) is 16.5. The summed E-state index contributed by atoms with van der Waals surface area (Å²) in [7, 11) is 0. The summed E-state index contributed by atoms with van der Waals surface area (Å²) in [6.07, 6.45) is 2.28. The van der Waals surface area contributed by atoms with Crippen LogP contribution in [0.15, 0.2) is 22.7 Å².